The van der Waals surface area contributed by atoms with Crippen LogP contribution in [0.25, 0.3) is 0 Å². The van der Waals surface area contributed by atoms with Gasteiger partial charge >= 0.3 is 5.97 Å². The minimum atomic E-state index is -0.401. The van der Waals surface area contributed by atoms with Crippen molar-refractivity contribution in [2.24, 2.45) is 5.92 Å². The van der Waals surface area contributed by atoms with Crippen molar-refractivity contribution in [3.05, 3.63) is 60.3 Å². The molecule has 0 radical (unpaired) electrons. The lowest BCUT2D eigenvalue weighted by Gasteiger charge is -2.42. The molecule has 0 bridgehead atoms. The molecular formula is C27H36O6. The van der Waals surface area contributed by atoms with Gasteiger partial charge in [0, 0.05) is 13.2 Å². The molecule has 1 aliphatic carbocycles. The lowest BCUT2D eigenvalue weighted by atomic mass is 9.68. The smallest absolute Gasteiger partial charge is 0.331 e. The van der Waals surface area contributed by atoms with Crippen molar-refractivity contribution >= 4 is 11.8 Å². The Kier molecular flexibility index (Phi) is 8.27. The molecule has 0 aromatic heterocycles. The molecule has 2 saturated heterocycles. The SMILES string of the molecule is CO[C@H]1C([C@@]2(C)O[C@@H]2CC=C(C)C)[C@@]2(CC[C@H]1OC(=O)/C=C/C=C/C=C/C=C/C(C)=O)CO2. The van der Waals surface area contributed by atoms with Crippen LogP contribution < -0.4 is 0 Å². The Labute approximate surface area is 197 Å². The fraction of sp³-hybridized carbons (Fsp3) is 0.556. The monoisotopic (exact) mass is 456 g/mol. The van der Waals surface area contributed by atoms with Gasteiger partial charge in [-0.05, 0) is 53.0 Å². The van der Waals surface area contributed by atoms with E-state index in [9.17, 15) is 9.59 Å². The van der Waals surface area contributed by atoms with Gasteiger partial charge in [0.15, 0.2) is 5.78 Å². The van der Waals surface area contributed by atoms with Crippen molar-refractivity contribution in [1.29, 1.82) is 0 Å². The van der Waals surface area contributed by atoms with E-state index in [1.807, 2.05) is 0 Å². The van der Waals surface area contributed by atoms with Gasteiger partial charge in [0.1, 0.15) is 23.4 Å². The highest BCUT2D eigenvalue weighted by atomic mass is 16.6. The second kappa shape index (κ2) is 10.8. The van der Waals surface area contributed by atoms with Crippen LogP contribution in [0.2, 0.25) is 0 Å². The first kappa shape index (κ1) is 25.3. The van der Waals surface area contributed by atoms with Crippen molar-refractivity contribution in [1.82, 2.24) is 0 Å². The third-order valence-electron chi connectivity index (χ3n) is 6.62. The van der Waals surface area contributed by atoms with Gasteiger partial charge in [-0.1, -0.05) is 48.1 Å². The first-order valence-corrected chi connectivity index (χ1v) is 11.6. The number of ether oxygens (including phenoxy) is 4. The highest BCUT2D eigenvalue weighted by Gasteiger charge is 2.72. The van der Waals surface area contributed by atoms with Crippen LogP contribution in [-0.2, 0) is 28.5 Å². The highest BCUT2D eigenvalue weighted by Crippen LogP contribution is 2.59. The number of carbonyl (C=O) groups is 2. The van der Waals surface area contributed by atoms with Crippen LogP contribution in [0.1, 0.15) is 47.0 Å². The predicted octanol–water partition coefficient (Wildman–Crippen LogP) is 4.42. The molecule has 0 amide bonds. The minimum Gasteiger partial charge on any atom is -0.456 e. The Morgan fingerprint density at radius 1 is 1.03 bits per heavy atom. The van der Waals surface area contributed by atoms with Crippen LogP contribution >= 0.6 is 0 Å². The van der Waals surface area contributed by atoms with Crippen molar-refractivity contribution < 1.29 is 28.5 Å². The van der Waals surface area contributed by atoms with E-state index in [1.54, 1.807) is 43.6 Å². The number of ketones is 1. The second-order valence-corrected chi connectivity index (χ2v) is 9.45. The second-order valence-electron chi connectivity index (χ2n) is 9.45. The maximum absolute atomic E-state index is 12.4. The summed E-state index contributed by atoms with van der Waals surface area (Å²) in [6.45, 7) is 8.50. The van der Waals surface area contributed by atoms with E-state index in [4.69, 9.17) is 18.9 Å². The summed E-state index contributed by atoms with van der Waals surface area (Å²) in [5.74, 6) is -0.397. The first-order chi connectivity index (χ1) is 15.7. The van der Waals surface area contributed by atoms with Crippen LogP contribution in [-0.4, -0.2) is 55.0 Å². The van der Waals surface area contributed by atoms with Crippen LogP contribution in [0, 0.1) is 5.92 Å². The Morgan fingerprint density at radius 3 is 2.24 bits per heavy atom. The molecule has 6 atom stereocenters. The molecule has 2 aliphatic heterocycles. The summed E-state index contributed by atoms with van der Waals surface area (Å²) in [6.07, 6.45) is 17.3. The molecule has 0 N–H and O–H groups in total. The molecule has 0 aromatic rings. The molecule has 3 rings (SSSR count). The quantitative estimate of drug-likeness (QED) is 0.159. The average molecular weight is 457 g/mol. The molecule has 6 nitrogen and oxygen atoms in total. The fourth-order valence-corrected chi connectivity index (χ4v) is 4.84. The Bertz CT molecular complexity index is 871. The summed E-state index contributed by atoms with van der Waals surface area (Å²) in [6, 6.07) is 0. The standard InChI is InChI=1S/C27H36O6/c1-19(2)14-15-22-26(4,33-22)25-24(30-5)21(16-17-27(25)18-31-27)32-23(29)13-11-9-7-6-8-10-12-20(3)28/h6-14,21-22,24-25H,15-18H2,1-5H3/b8-6+,9-7+,12-10+,13-11+/t21-,22-,24-,25?,26+,27-/m1/s1. The van der Waals surface area contributed by atoms with E-state index in [1.165, 1.54) is 24.6 Å². The maximum Gasteiger partial charge on any atom is 0.331 e. The fourth-order valence-electron chi connectivity index (χ4n) is 4.84. The van der Waals surface area contributed by atoms with Gasteiger partial charge in [-0.3, -0.25) is 4.79 Å². The zero-order valence-electron chi connectivity index (χ0n) is 20.3. The van der Waals surface area contributed by atoms with E-state index < -0.39 is 5.97 Å². The van der Waals surface area contributed by atoms with Gasteiger partial charge in [-0.15, -0.1) is 0 Å². The van der Waals surface area contributed by atoms with Gasteiger partial charge < -0.3 is 18.9 Å². The van der Waals surface area contributed by atoms with E-state index in [-0.39, 0.29) is 41.2 Å². The Hall–Kier alpha value is -2.28. The number of methoxy groups -OCH3 is 1. The molecule has 1 unspecified atom stereocenters. The third kappa shape index (κ3) is 6.40. The molecule has 33 heavy (non-hydrogen) atoms. The lowest BCUT2D eigenvalue weighted by Crippen LogP contribution is -2.55. The number of hydrogen-bond acceptors (Lipinski definition) is 6. The maximum atomic E-state index is 12.4. The Balaban J connectivity index is 1.59. The van der Waals surface area contributed by atoms with Crippen molar-refractivity contribution in [3.63, 3.8) is 0 Å². The van der Waals surface area contributed by atoms with Crippen LogP contribution in [0.15, 0.2) is 60.3 Å². The largest absolute Gasteiger partial charge is 0.456 e. The van der Waals surface area contributed by atoms with Crippen LogP contribution in [0.4, 0.5) is 0 Å². The molecule has 1 spiro atoms. The van der Waals surface area contributed by atoms with E-state index in [0.29, 0.717) is 13.0 Å². The van der Waals surface area contributed by atoms with Crippen LogP contribution in [0.3, 0.4) is 0 Å². The molecule has 180 valence electrons. The highest BCUT2D eigenvalue weighted by molar-refractivity contribution is 5.87. The minimum absolute atomic E-state index is 0.00425. The molecule has 2 heterocycles. The van der Waals surface area contributed by atoms with Gasteiger partial charge in [-0.2, -0.15) is 0 Å². The zero-order chi connectivity index (χ0) is 24.1. The summed E-state index contributed by atoms with van der Waals surface area (Å²) >= 11 is 0. The number of hydrogen-bond donors (Lipinski definition) is 0. The molecule has 3 aliphatic rings. The molecule has 1 saturated carbocycles. The summed E-state index contributed by atoms with van der Waals surface area (Å²) < 4.78 is 23.8. The van der Waals surface area contributed by atoms with Crippen LogP contribution in [0.5, 0.6) is 0 Å². The molecule has 6 heteroatoms. The number of esters is 1. The number of rotatable bonds is 10. The number of allylic oxidation sites excluding steroid dienone is 8. The van der Waals surface area contributed by atoms with Gasteiger partial charge in [-0.25, -0.2) is 4.79 Å². The molecule has 0 aromatic carbocycles. The number of carbonyl (C=O) groups excluding carboxylic acids is 2. The lowest BCUT2D eigenvalue weighted by molar-refractivity contribution is -0.166. The predicted molar refractivity (Wildman–Crippen MR) is 127 cm³/mol. The summed E-state index contributed by atoms with van der Waals surface area (Å²) in [4.78, 5) is 23.3. The summed E-state index contributed by atoms with van der Waals surface area (Å²) in [5, 5.41) is 0. The van der Waals surface area contributed by atoms with Gasteiger partial charge in [0.05, 0.1) is 18.6 Å². The number of epoxide rings is 2. The van der Waals surface area contributed by atoms with E-state index >= 15 is 0 Å². The van der Waals surface area contributed by atoms with Crippen molar-refractivity contribution in [2.45, 2.75) is 76.5 Å². The van der Waals surface area contributed by atoms with E-state index in [0.717, 1.165) is 12.8 Å². The first-order valence-electron chi connectivity index (χ1n) is 11.6. The summed E-state index contributed by atoms with van der Waals surface area (Å²) in [5.41, 5.74) is 0.684. The topological polar surface area (TPSA) is 77.7 Å². The van der Waals surface area contributed by atoms with Crippen molar-refractivity contribution in [2.75, 3.05) is 13.7 Å². The summed E-state index contributed by atoms with van der Waals surface area (Å²) in [7, 11) is 1.67. The van der Waals surface area contributed by atoms with Gasteiger partial charge in [0.25, 0.3) is 0 Å². The van der Waals surface area contributed by atoms with E-state index in [2.05, 4.69) is 26.8 Å². The molecule has 3 fully saturated rings. The molecular weight excluding hydrogens is 420 g/mol. The normalized spacial score (nSPS) is 35.7. The van der Waals surface area contributed by atoms with Crippen molar-refractivity contribution in [3.8, 4) is 0 Å². The Morgan fingerprint density at radius 2 is 1.67 bits per heavy atom. The zero-order valence-corrected chi connectivity index (χ0v) is 20.3. The van der Waals surface area contributed by atoms with Gasteiger partial charge in [0.2, 0.25) is 0 Å². The average Bonchev–Trinajstić information content (AvgIpc) is 3.67. The third-order valence-corrected chi connectivity index (χ3v) is 6.62.